The molecule has 1 atom stereocenters. The molecular formula is C21H25N3O4. The van der Waals surface area contributed by atoms with Gasteiger partial charge in [-0.25, -0.2) is 0 Å². The number of carbonyl (C=O) groups excluding carboxylic acids is 3. The molecule has 0 unspecified atom stereocenters. The molecule has 2 aromatic rings. The van der Waals surface area contributed by atoms with Crippen LogP contribution in [0.25, 0.3) is 0 Å². The number of amides is 3. The maximum Gasteiger partial charge on any atom is 0.245 e. The van der Waals surface area contributed by atoms with Crippen molar-refractivity contribution in [2.45, 2.75) is 26.1 Å². The summed E-state index contributed by atoms with van der Waals surface area (Å²) in [6.07, 6.45) is 0. The van der Waals surface area contributed by atoms with Gasteiger partial charge in [-0.3, -0.25) is 14.4 Å². The van der Waals surface area contributed by atoms with Gasteiger partial charge in [-0.1, -0.05) is 60.7 Å². The SMILES string of the molecule is CC(=O)NCC(=O)N[C@@H](COCc1ccccc1)C(=O)NCc1ccccc1. The van der Waals surface area contributed by atoms with Gasteiger partial charge in [0.2, 0.25) is 17.7 Å². The van der Waals surface area contributed by atoms with Crippen LogP contribution in [0.15, 0.2) is 60.7 Å². The Morgan fingerprint density at radius 1 is 0.893 bits per heavy atom. The van der Waals surface area contributed by atoms with Gasteiger partial charge < -0.3 is 20.7 Å². The zero-order valence-corrected chi connectivity index (χ0v) is 15.8. The highest BCUT2D eigenvalue weighted by atomic mass is 16.5. The number of nitrogens with one attached hydrogen (secondary N) is 3. The van der Waals surface area contributed by atoms with Crippen LogP contribution in [0.4, 0.5) is 0 Å². The summed E-state index contributed by atoms with van der Waals surface area (Å²) in [4.78, 5) is 35.5. The smallest absolute Gasteiger partial charge is 0.245 e. The van der Waals surface area contributed by atoms with Crippen LogP contribution >= 0.6 is 0 Å². The van der Waals surface area contributed by atoms with Crippen molar-refractivity contribution in [2.75, 3.05) is 13.2 Å². The Balaban J connectivity index is 1.90. The first-order chi connectivity index (χ1) is 13.5. The molecule has 0 radical (unpaired) electrons. The van der Waals surface area contributed by atoms with E-state index in [4.69, 9.17) is 4.74 Å². The zero-order valence-electron chi connectivity index (χ0n) is 15.8. The van der Waals surface area contributed by atoms with E-state index in [-0.39, 0.29) is 25.0 Å². The Morgan fingerprint density at radius 2 is 1.50 bits per heavy atom. The Kier molecular flexibility index (Phi) is 8.68. The minimum Gasteiger partial charge on any atom is -0.374 e. The quantitative estimate of drug-likeness (QED) is 0.573. The van der Waals surface area contributed by atoms with Crippen LogP contribution < -0.4 is 16.0 Å². The molecule has 0 spiro atoms. The molecule has 0 saturated carbocycles. The first-order valence-electron chi connectivity index (χ1n) is 9.01. The molecule has 0 bridgehead atoms. The third kappa shape index (κ3) is 8.01. The summed E-state index contributed by atoms with van der Waals surface area (Å²) in [5, 5.41) is 7.81. The highest BCUT2D eigenvalue weighted by Crippen LogP contribution is 2.02. The van der Waals surface area contributed by atoms with E-state index in [1.807, 2.05) is 60.7 Å². The van der Waals surface area contributed by atoms with Gasteiger partial charge in [-0.05, 0) is 11.1 Å². The van der Waals surface area contributed by atoms with E-state index in [9.17, 15) is 14.4 Å². The summed E-state index contributed by atoms with van der Waals surface area (Å²) < 4.78 is 5.62. The minimum atomic E-state index is -0.867. The molecule has 148 valence electrons. The Labute approximate surface area is 164 Å². The average molecular weight is 383 g/mol. The maximum atomic E-state index is 12.5. The van der Waals surface area contributed by atoms with E-state index < -0.39 is 11.9 Å². The molecule has 3 N–H and O–H groups in total. The van der Waals surface area contributed by atoms with Gasteiger partial charge in [0.05, 0.1) is 19.8 Å². The van der Waals surface area contributed by atoms with E-state index in [2.05, 4.69) is 16.0 Å². The Morgan fingerprint density at radius 3 is 2.11 bits per heavy atom. The number of carbonyl (C=O) groups is 3. The molecule has 0 aliphatic carbocycles. The lowest BCUT2D eigenvalue weighted by Gasteiger charge is -2.19. The summed E-state index contributed by atoms with van der Waals surface area (Å²) in [5.74, 6) is -1.13. The summed E-state index contributed by atoms with van der Waals surface area (Å²) in [6.45, 7) is 1.80. The minimum absolute atomic E-state index is 0.0152. The fourth-order valence-corrected chi connectivity index (χ4v) is 2.41. The molecule has 7 nitrogen and oxygen atoms in total. The van der Waals surface area contributed by atoms with E-state index in [1.165, 1.54) is 6.92 Å². The van der Waals surface area contributed by atoms with E-state index in [0.29, 0.717) is 13.2 Å². The van der Waals surface area contributed by atoms with Gasteiger partial charge in [0.1, 0.15) is 6.04 Å². The van der Waals surface area contributed by atoms with Crippen LogP contribution in [-0.2, 0) is 32.3 Å². The second kappa shape index (κ2) is 11.5. The predicted molar refractivity (Wildman–Crippen MR) is 105 cm³/mol. The standard InChI is InChI=1S/C21H25N3O4/c1-16(25)22-13-20(26)24-19(15-28-14-18-10-6-3-7-11-18)21(27)23-12-17-8-4-2-5-9-17/h2-11,19H,12-15H2,1H3,(H,22,25)(H,23,27)(H,24,26)/t19-/m0/s1. The van der Waals surface area contributed by atoms with Crippen molar-refractivity contribution in [1.82, 2.24) is 16.0 Å². The van der Waals surface area contributed by atoms with Crippen LogP contribution in [-0.4, -0.2) is 36.9 Å². The molecule has 0 aliphatic heterocycles. The third-order valence-electron chi connectivity index (χ3n) is 3.86. The van der Waals surface area contributed by atoms with E-state index in [1.54, 1.807) is 0 Å². The predicted octanol–water partition coefficient (Wildman–Crippen LogP) is 1.14. The van der Waals surface area contributed by atoms with Crippen LogP contribution in [0.1, 0.15) is 18.1 Å². The lowest BCUT2D eigenvalue weighted by Crippen LogP contribution is -2.51. The second-order valence-electron chi connectivity index (χ2n) is 6.23. The monoisotopic (exact) mass is 383 g/mol. The maximum absolute atomic E-state index is 12.5. The van der Waals surface area contributed by atoms with Crippen molar-refractivity contribution in [3.63, 3.8) is 0 Å². The number of ether oxygens (including phenoxy) is 1. The summed E-state index contributed by atoms with van der Waals surface area (Å²) in [5.41, 5.74) is 1.92. The number of hydrogen-bond donors (Lipinski definition) is 3. The molecule has 0 fully saturated rings. The molecule has 0 heterocycles. The normalized spacial score (nSPS) is 11.3. The number of rotatable bonds is 10. The van der Waals surface area contributed by atoms with Crippen LogP contribution in [0, 0.1) is 0 Å². The van der Waals surface area contributed by atoms with Crippen LogP contribution in [0.5, 0.6) is 0 Å². The van der Waals surface area contributed by atoms with Crippen molar-refractivity contribution >= 4 is 17.7 Å². The molecule has 0 saturated heterocycles. The fraction of sp³-hybridized carbons (Fsp3) is 0.286. The lowest BCUT2D eigenvalue weighted by atomic mass is 10.2. The molecular weight excluding hydrogens is 358 g/mol. The highest BCUT2D eigenvalue weighted by molar-refractivity contribution is 5.89. The van der Waals surface area contributed by atoms with Gasteiger partial charge in [-0.2, -0.15) is 0 Å². The third-order valence-corrected chi connectivity index (χ3v) is 3.86. The zero-order chi connectivity index (χ0) is 20.2. The Bertz CT molecular complexity index is 766. The van der Waals surface area contributed by atoms with Gasteiger partial charge in [-0.15, -0.1) is 0 Å². The molecule has 0 aliphatic rings. The van der Waals surface area contributed by atoms with Crippen molar-refractivity contribution in [3.05, 3.63) is 71.8 Å². The van der Waals surface area contributed by atoms with Gasteiger partial charge in [0.15, 0.2) is 0 Å². The summed E-state index contributed by atoms with van der Waals surface area (Å²) in [6, 6.07) is 18.1. The van der Waals surface area contributed by atoms with E-state index in [0.717, 1.165) is 11.1 Å². The summed E-state index contributed by atoms with van der Waals surface area (Å²) in [7, 11) is 0. The van der Waals surface area contributed by atoms with Gasteiger partial charge in [0.25, 0.3) is 0 Å². The number of benzene rings is 2. The van der Waals surface area contributed by atoms with Gasteiger partial charge >= 0.3 is 0 Å². The first-order valence-corrected chi connectivity index (χ1v) is 9.01. The molecule has 3 amide bonds. The molecule has 2 rings (SSSR count). The topological polar surface area (TPSA) is 96.5 Å². The molecule has 2 aromatic carbocycles. The Hall–Kier alpha value is -3.19. The average Bonchev–Trinajstić information content (AvgIpc) is 2.71. The lowest BCUT2D eigenvalue weighted by molar-refractivity contribution is -0.131. The summed E-state index contributed by atoms with van der Waals surface area (Å²) >= 11 is 0. The molecule has 28 heavy (non-hydrogen) atoms. The molecule has 0 aromatic heterocycles. The first kappa shape index (κ1) is 21.1. The fourth-order valence-electron chi connectivity index (χ4n) is 2.41. The van der Waals surface area contributed by atoms with Gasteiger partial charge in [0, 0.05) is 13.5 Å². The van der Waals surface area contributed by atoms with Crippen LogP contribution in [0.3, 0.4) is 0 Å². The second-order valence-corrected chi connectivity index (χ2v) is 6.23. The van der Waals surface area contributed by atoms with Crippen molar-refractivity contribution in [3.8, 4) is 0 Å². The van der Waals surface area contributed by atoms with E-state index >= 15 is 0 Å². The molecule has 7 heteroatoms. The highest BCUT2D eigenvalue weighted by Gasteiger charge is 2.21. The largest absolute Gasteiger partial charge is 0.374 e. The van der Waals surface area contributed by atoms with Crippen LogP contribution in [0.2, 0.25) is 0 Å². The van der Waals surface area contributed by atoms with Crippen molar-refractivity contribution in [1.29, 1.82) is 0 Å². The number of hydrogen-bond acceptors (Lipinski definition) is 4. The van der Waals surface area contributed by atoms with Crippen molar-refractivity contribution in [2.24, 2.45) is 0 Å². The van der Waals surface area contributed by atoms with Crippen molar-refractivity contribution < 1.29 is 19.1 Å².